The van der Waals surface area contributed by atoms with Crippen molar-refractivity contribution in [2.24, 2.45) is 0 Å². The second kappa shape index (κ2) is 6.23. The van der Waals surface area contributed by atoms with Crippen molar-refractivity contribution < 1.29 is 9.72 Å². The van der Waals surface area contributed by atoms with Crippen LogP contribution in [0, 0.1) is 10.1 Å². The SMILES string of the molecule is CC(C)(C)c1csc(NC(=O)Cc2ccccc2[N+](=O)[O-])n1. The molecule has 1 heterocycles. The summed E-state index contributed by atoms with van der Waals surface area (Å²) in [5, 5.41) is 16.0. The molecule has 7 heteroatoms. The zero-order valence-electron chi connectivity index (χ0n) is 12.6. The summed E-state index contributed by atoms with van der Waals surface area (Å²) < 4.78 is 0. The number of thiazole rings is 1. The average Bonchev–Trinajstić information content (AvgIpc) is 2.87. The normalized spacial score (nSPS) is 11.2. The van der Waals surface area contributed by atoms with E-state index in [2.05, 4.69) is 10.3 Å². The van der Waals surface area contributed by atoms with Gasteiger partial charge in [-0.3, -0.25) is 14.9 Å². The van der Waals surface area contributed by atoms with Gasteiger partial charge in [0.05, 0.1) is 17.0 Å². The van der Waals surface area contributed by atoms with Crippen LogP contribution >= 0.6 is 11.3 Å². The number of carbonyl (C=O) groups excluding carboxylic acids is 1. The van der Waals surface area contributed by atoms with Gasteiger partial charge in [0.1, 0.15) is 0 Å². The Morgan fingerprint density at radius 1 is 1.36 bits per heavy atom. The molecule has 116 valence electrons. The molecular formula is C15H17N3O3S. The molecule has 0 atom stereocenters. The molecule has 0 saturated heterocycles. The summed E-state index contributed by atoms with van der Waals surface area (Å²) in [5.41, 5.74) is 1.15. The van der Waals surface area contributed by atoms with Crippen LogP contribution in [0.4, 0.5) is 10.8 Å². The fraction of sp³-hybridized carbons (Fsp3) is 0.333. The van der Waals surface area contributed by atoms with Crippen molar-refractivity contribution in [1.82, 2.24) is 4.98 Å². The molecule has 0 bridgehead atoms. The molecule has 0 aliphatic carbocycles. The number of carbonyl (C=O) groups is 1. The summed E-state index contributed by atoms with van der Waals surface area (Å²) >= 11 is 1.35. The van der Waals surface area contributed by atoms with E-state index in [0.717, 1.165) is 5.69 Å². The predicted octanol–water partition coefficient (Wildman–Crippen LogP) is 3.53. The highest BCUT2D eigenvalue weighted by molar-refractivity contribution is 7.13. The van der Waals surface area contributed by atoms with Crippen LogP contribution in [0.25, 0.3) is 0 Å². The maximum Gasteiger partial charge on any atom is 0.273 e. The van der Waals surface area contributed by atoms with Gasteiger partial charge in [0.15, 0.2) is 5.13 Å². The molecule has 1 aromatic carbocycles. The number of nitrogens with zero attached hydrogens (tertiary/aromatic N) is 2. The van der Waals surface area contributed by atoms with Gasteiger partial charge in [-0.15, -0.1) is 11.3 Å². The summed E-state index contributed by atoms with van der Waals surface area (Å²) in [6, 6.07) is 6.23. The van der Waals surface area contributed by atoms with Gasteiger partial charge in [-0.05, 0) is 0 Å². The highest BCUT2D eigenvalue weighted by atomic mass is 32.1. The van der Waals surface area contributed by atoms with Gasteiger partial charge in [-0.2, -0.15) is 0 Å². The number of nitro benzene ring substituents is 1. The minimum absolute atomic E-state index is 0.0489. The number of nitrogens with one attached hydrogen (secondary N) is 1. The van der Waals surface area contributed by atoms with Gasteiger partial charge in [-0.25, -0.2) is 4.98 Å². The van der Waals surface area contributed by atoms with Gasteiger partial charge >= 0.3 is 0 Å². The van der Waals surface area contributed by atoms with Gasteiger partial charge in [-0.1, -0.05) is 39.0 Å². The second-order valence-electron chi connectivity index (χ2n) is 5.90. The Bertz CT molecular complexity index is 704. The molecule has 0 saturated carbocycles. The molecule has 22 heavy (non-hydrogen) atoms. The van der Waals surface area contributed by atoms with Crippen molar-refractivity contribution in [2.75, 3.05) is 5.32 Å². The lowest BCUT2D eigenvalue weighted by Crippen LogP contribution is -2.16. The van der Waals surface area contributed by atoms with Gasteiger partial charge < -0.3 is 5.32 Å². The topological polar surface area (TPSA) is 85.1 Å². The monoisotopic (exact) mass is 319 g/mol. The first-order chi connectivity index (χ1) is 10.3. The first-order valence-corrected chi connectivity index (χ1v) is 7.63. The van der Waals surface area contributed by atoms with Crippen LogP contribution in [0.2, 0.25) is 0 Å². The summed E-state index contributed by atoms with van der Waals surface area (Å²) in [5.74, 6) is -0.316. The third-order valence-electron chi connectivity index (χ3n) is 3.06. The summed E-state index contributed by atoms with van der Waals surface area (Å²) in [7, 11) is 0. The minimum Gasteiger partial charge on any atom is -0.302 e. The third kappa shape index (κ3) is 3.88. The molecule has 1 N–H and O–H groups in total. The first kappa shape index (κ1) is 16.1. The van der Waals surface area contributed by atoms with Crippen molar-refractivity contribution in [1.29, 1.82) is 0 Å². The van der Waals surface area contributed by atoms with Crippen LogP contribution in [0.5, 0.6) is 0 Å². The number of para-hydroxylation sites is 1. The quantitative estimate of drug-likeness (QED) is 0.690. The molecule has 0 aliphatic rings. The van der Waals surface area contributed by atoms with Crippen LogP contribution in [-0.2, 0) is 16.6 Å². The number of nitro groups is 1. The predicted molar refractivity (Wildman–Crippen MR) is 86.2 cm³/mol. The Labute approximate surface area is 132 Å². The average molecular weight is 319 g/mol. The molecule has 0 spiro atoms. The second-order valence-corrected chi connectivity index (χ2v) is 6.76. The highest BCUT2D eigenvalue weighted by Crippen LogP contribution is 2.26. The Morgan fingerprint density at radius 2 is 2.05 bits per heavy atom. The number of hydrogen-bond acceptors (Lipinski definition) is 5. The Kier molecular flexibility index (Phi) is 4.56. The van der Waals surface area contributed by atoms with Crippen LogP contribution in [-0.4, -0.2) is 15.8 Å². The lowest BCUT2D eigenvalue weighted by molar-refractivity contribution is -0.385. The number of amides is 1. The standard InChI is InChI=1S/C15H17N3O3S/c1-15(2,3)12-9-22-14(16-12)17-13(19)8-10-6-4-5-7-11(10)18(20)21/h4-7,9H,8H2,1-3H3,(H,16,17,19). The Hall–Kier alpha value is -2.28. The van der Waals surface area contributed by atoms with E-state index in [0.29, 0.717) is 10.7 Å². The number of rotatable bonds is 4. The van der Waals surface area contributed by atoms with E-state index in [1.54, 1.807) is 18.2 Å². The van der Waals surface area contributed by atoms with Gasteiger partial charge in [0.2, 0.25) is 5.91 Å². The largest absolute Gasteiger partial charge is 0.302 e. The molecule has 1 aromatic heterocycles. The Balaban J connectivity index is 2.08. The molecule has 6 nitrogen and oxygen atoms in total. The third-order valence-corrected chi connectivity index (χ3v) is 3.82. The highest BCUT2D eigenvalue weighted by Gasteiger charge is 2.19. The zero-order valence-corrected chi connectivity index (χ0v) is 13.4. The number of anilines is 1. The molecule has 2 aromatic rings. The summed E-state index contributed by atoms with van der Waals surface area (Å²) in [4.78, 5) is 26.9. The van der Waals surface area contributed by atoms with E-state index in [4.69, 9.17) is 0 Å². The van der Waals surface area contributed by atoms with E-state index in [1.165, 1.54) is 17.4 Å². The van der Waals surface area contributed by atoms with E-state index in [1.807, 2.05) is 26.2 Å². The molecule has 2 rings (SSSR count). The van der Waals surface area contributed by atoms with Crippen LogP contribution < -0.4 is 5.32 Å². The zero-order chi connectivity index (χ0) is 16.3. The van der Waals surface area contributed by atoms with Crippen LogP contribution in [0.1, 0.15) is 32.0 Å². The van der Waals surface area contributed by atoms with E-state index < -0.39 is 4.92 Å². The lowest BCUT2D eigenvalue weighted by Gasteiger charge is -2.14. The maximum atomic E-state index is 12.0. The number of aromatic nitrogens is 1. The number of benzene rings is 1. The van der Waals surface area contributed by atoms with Crippen LogP contribution in [0.15, 0.2) is 29.6 Å². The van der Waals surface area contributed by atoms with Gasteiger partial charge in [0, 0.05) is 22.4 Å². The smallest absolute Gasteiger partial charge is 0.273 e. The van der Waals surface area contributed by atoms with Crippen molar-refractivity contribution in [3.63, 3.8) is 0 Å². The molecule has 0 radical (unpaired) electrons. The fourth-order valence-corrected chi connectivity index (χ4v) is 2.80. The molecule has 0 unspecified atom stereocenters. The molecular weight excluding hydrogens is 302 g/mol. The van der Waals surface area contributed by atoms with Crippen LogP contribution in [0.3, 0.4) is 0 Å². The number of hydrogen-bond donors (Lipinski definition) is 1. The minimum atomic E-state index is -0.482. The summed E-state index contributed by atoms with van der Waals surface area (Å²) in [6.07, 6.45) is -0.0540. The maximum absolute atomic E-state index is 12.0. The van der Waals surface area contributed by atoms with Crippen molar-refractivity contribution in [3.05, 3.63) is 51.0 Å². The van der Waals surface area contributed by atoms with E-state index in [-0.39, 0.29) is 23.4 Å². The van der Waals surface area contributed by atoms with Crippen molar-refractivity contribution >= 4 is 28.1 Å². The van der Waals surface area contributed by atoms with E-state index in [9.17, 15) is 14.9 Å². The first-order valence-electron chi connectivity index (χ1n) is 6.75. The van der Waals surface area contributed by atoms with E-state index >= 15 is 0 Å². The van der Waals surface area contributed by atoms with Gasteiger partial charge in [0.25, 0.3) is 5.69 Å². The van der Waals surface area contributed by atoms with Crippen molar-refractivity contribution in [2.45, 2.75) is 32.6 Å². The summed E-state index contributed by atoms with van der Waals surface area (Å²) in [6.45, 7) is 6.13. The molecule has 0 fully saturated rings. The fourth-order valence-electron chi connectivity index (χ4n) is 1.85. The van der Waals surface area contributed by atoms with Crippen molar-refractivity contribution in [3.8, 4) is 0 Å². The molecule has 1 amide bonds. The lowest BCUT2D eigenvalue weighted by atomic mass is 9.93. The Morgan fingerprint density at radius 3 is 2.64 bits per heavy atom. The molecule has 0 aliphatic heterocycles.